The van der Waals surface area contributed by atoms with Gasteiger partial charge in [0.25, 0.3) is 0 Å². The molecule has 1 N–H and O–H groups in total. The van der Waals surface area contributed by atoms with Gasteiger partial charge < -0.3 is 23.7 Å². The molecule has 0 fully saturated rings. The van der Waals surface area contributed by atoms with Gasteiger partial charge in [0, 0.05) is 17.1 Å². The van der Waals surface area contributed by atoms with Crippen LogP contribution in [0.15, 0.2) is 39.7 Å². The van der Waals surface area contributed by atoms with E-state index in [1.54, 1.807) is 24.3 Å². The molecule has 0 unspecified atom stereocenters. The van der Waals surface area contributed by atoms with E-state index in [0.29, 0.717) is 28.2 Å². The minimum Gasteiger partial charge on any atom is -0.493 e. The zero-order valence-electron chi connectivity index (χ0n) is 14.2. The molecule has 0 aliphatic rings. The largest absolute Gasteiger partial charge is 0.493 e. The topological polar surface area (TPSA) is 108 Å². The minimum absolute atomic E-state index is 0.0289. The summed E-state index contributed by atoms with van der Waals surface area (Å²) < 4.78 is 20.9. The first-order chi connectivity index (χ1) is 12.5. The molecule has 134 valence electrons. The van der Waals surface area contributed by atoms with E-state index in [9.17, 15) is 14.7 Å². The molecule has 0 saturated carbocycles. The number of aromatic carboxylic acids is 1. The van der Waals surface area contributed by atoms with Crippen LogP contribution >= 0.6 is 0 Å². The third kappa shape index (κ3) is 2.71. The Morgan fingerprint density at radius 3 is 2.31 bits per heavy atom. The summed E-state index contributed by atoms with van der Waals surface area (Å²) in [7, 11) is 4.36. The highest BCUT2D eigenvalue weighted by Crippen LogP contribution is 2.43. The fraction of sp³-hybridized carbons (Fsp3) is 0.167. The number of carboxylic acids is 1. The molecule has 8 heteroatoms. The number of carboxylic acid groups (broad SMARTS) is 1. The molecule has 0 saturated heterocycles. The second-order valence-corrected chi connectivity index (χ2v) is 5.21. The quantitative estimate of drug-likeness (QED) is 0.742. The number of hydrogen-bond acceptors (Lipinski definition) is 7. The fourth-order valence-electron chi connectivity index (χ4n) is 2.75. The van der Waals surface area contributed by atoms with Gasteiger partial charge in [-0.15, -0.1) is 0 Å². The second kappa shape index (κ2) is 6.75. The maximum Gasteiger partial charge on any atom is 0.372 e. The maximum atomic E-state index is 12.1. The summed E-state index contributed by atoms with van der Waals surface area (Å²) in [6, 6.07) is 6.37. The van der Waals surface area contributed by atoms with Crippen molar-refractivity contribution in [3.05, 3.63) is 46.6 Å². The van der Waals surface area contributed by atoms with Gasteiger partial charge in [-0.3, -0.25) is 0 Å². The Balaban J connectivity index is 2.45. The predicted molar refractivity (Wildman–Crippen MR) is 92.3 cm³/mol. The van der Waals surface area contributed by atoms with Crippen LogP contribution < -0.4 is 19.8 Å². The fourth-order valence-corrected chi connectivity index (χ4v) is 2.75. The molecule has 2 heterocycles. The summed E-state index contributed by atoms with van der Waals surface area (Å²) in [5.74, 6) is -0.848. The molecule has 0 atom stereocenters. The summed E-state index contributed by atoms with van der Waals surface area (Å²) in [5, 5.41) is 9.87. The van der Waals surface area contributed by atoms with Crippen molar-refractivity contribution in [2.45, 2.75) is 0 Å². The van der Waals surface area contributed by atoms with E-state index in [1.807, 2.05) is 0 Å². The Morgan fingerprint density at radius 2 is 1.77 bits per heavy atom. The van der Waals surface area contributed by atoms with Crippen LogP contribution in [-0.2, 0) is 0 Å². The normalized spacial score (nSPS) is 10.6. The van der Waals surface area contributed by atoms with E-state index in [0.717, 1.165) is 0 Å². The van der Waals surface area contributed by atoms with Gasteiger partial charge in [0.1, 0.15) is 0 Å². The molecule has 0 spiro atoms. The third-order valence-corrected chi connectivity index (χ3v) is 3.84. The van der Waals surface area contributed by atoms with Gasteiger partial charge in [0.2, 0.25) is 11.5 Å². The van der Waals surface area contributed by atoms with Gasteiger partial charge in [-0.1, -0.05) is 6.07 Å². The van der Waals surface area contributed by atoms with Gasteiger partial charge in [0.15, 0.2) is 17.0 Å². The van der Waals surface area contributed by atoms with Gasteiger partial charge in [-0.25, -0.2) is 14.6 Å². The lowest BCUT2D eigenvalue weighted by molar-refractivity contribution is 0.0659. The first kappa shape index (κ1) is 17.3. The highest BCUT2D eigenvalue weighted by atomic mass is 16.5. The Hall–Kier alpha value is -3.55. The van der Waals surface area contributed by atoms with Crippen LogP contribution in [0, 0.1) is 0 Å². The van der Waals surface area contributed by atoms with Crippen molar-refractivity contribution in [1.29, 1.82) is 0 Å². The van der Waals surface area contributed by atoms with Crippen LogP contribution in [0.1, 0.15) is 10.6 Å². The average molecular weight is 357 g/mol. The highest BCUT2D eigenvalue weighted by Gasteiger charge is 2.24. The zero-order chi connectivity index (χ0) is 18.8. The number of benzene rings is 1. The van der Waals surface area contributed by atoms with Gasteiger partial charge in [0.05, 0.1) is 21.3 Å². The predicted octanol–water partition coefficient (Wildman–Crippen LogP) is 2.58. The number of aromatic nitrogens is 1. The van der Waals surface area contributed by atoms with Crippen LogP contribution in [0.4, 0.5) is 0 Å². The Labute approximate surface area is 147 Å². The molecule has 0 aliphatic heterocycles. The Kier molecular flexibility index (Phi) is 4.49. The molecule has 0 amide bonds. The summed E-state index contributed by atoms with van der Waals surface area (Å²) in [4.78, 5) is 27.8. The van der Waals surface area contributed by atoms with Crippen molar-refractivity contribution in [3.8, 4) is 28.4 Å². The zero-order valence-corrected chi connectivity index (χ0v) is 14.2. The molecular formula is C18H15NO7. The van der Waals surface area contributed by atoms with Crippen molar-refractivity contribution in [2.24, 2.45) is 0 Å². The molecule has 0 bridgehead atoms. The monoisotopic (exact) mass is 357 g/mol. The SMILES string of the molecule is COc1cc(-c2c(C(=O)O)oc(=O)c3ncccc23)cc(OC)c1OC. The lowest BCUT2D eigenvalue weighted by atomic mass is 9.99. The van der Waals surface area contributed by atoms with Crippen molar-refractivity contribution >= 4 is 16.9 Å². The van der Waals surface area contributed by atoms with Crippen LogP contribution in [0.3, 0.4) is 0 Å². The number of fused-ring (bicyclic) bond motifs is 1. The van der Waals surface area contributed by atoms with E-state index in [-0.39, 0.29) is 11.1 Å². The van der Waals surface area contributed by atoms with Gasteiger partial charge >= 0.3 is 11.6 Å². The molecular weight excluding hydrogens is 342 g/mol. The summed E-state index contributed by atoms with van der Waals surface area (Å²) in [5.41, 5.74) is -0.187. The number of carbonyl (C=O) groups is 1. The molecule has 3 aromatic rings. The number of pyridine rings is 1. The van der Waals surface area contributed by atoms with Crippen LogP contribution in [0.2, 0.25) is 0 Å². The number of rotatable bonds is 5. The maximum absolute atomic E-state index is 12.1. The molecule has 0 aliphatic carbocycles. The summed E-state index contributed by atoms with van der Waals surface area (Å²) in [6.07, 6.45) is 1.43. The molecule has 3 rings (SSSR count). The van der Waals surface area contributed by atoms with E-state index in [1.165, 1.54) is 27.5 Å². The van der Waals surface area contributed by atoms with E-state index >= 15 is 0 Å². The summed E-state index contributed by atoms with van der Waals surface area (Å²) >= 11 is 0. The minimum atomic E-state index is -1.38. The van der Waals surface area contributed by atoms with Gasteiger partial charge in [-0.2, -0.15) is 0 Å². The lowest BCUT2D eigenvalue weighted by Crippen LogP contribution is -2.10. The Morgan fingerprint density at radius 1 is 1.12 bits per heavy atom. The standard InChI is InChI=1S/C18H15NO7/c1-23-11-7-9(8-12(24-2)15(11)25-3)13-10-5-4-6-19-14(10)18(22)26-16(13)17(20)21/h4-8H,1-3H3,(H,20,21). The van der Waals surface area contributed by atoms with Crippen molar-refractivity contribution in [2.75, 3.05) is 21.3 Å². The molecule has 0 radical (unpaired) electrons. The van der Waals surface area contributed by atoms with E-state index in [2.05, 4.69) is 4.98 Å². The first-order valence-electron chi connectivity index (χ1n) is 7.47. The molecule has 26 heavy (non-hydrogen) atoms. The summed E-state index contributed by atoms with van der Waals surface area (Å²) in [6.45, 7) is 0. The number of ether oxygens (including phenoxy) is 3. The molecule has 2 aromatic heterocycles. The smallest absolute Gasteiger partial charge is 0.372 e. The average Bonchev–Trinajstić information content (AvgIpc) is 2.66. The number of methoxy groups -OCH3 is 3. The highest BCUT2D eigenvalue weighted by molar-refractivity contribution is 6.04. The van der Waals surface area contributed by atoms with E-state index in [4.69, 9.17) is 18.6 Å². The molecule has 1 aromatic carbocycles. The number of nitrogens with zero attached hydrogens (tertiary/aromatic N) is 1. The second-order valence-electron chi connectivity index (χ2n) is 5.21. The number of hydrogen-bond donors (Lipinski definition) is 1. The third-order valence-electron chi connectivity index (χ3n) is 3.84. The van der Waals surface area contributed by atoms with Crippen LogP contribution in [-0.4, -0.2) is 37.4 Å². The van der Waals surface area contributed by atoms with E-state index < -0.39 is 17.4 Å². The van der Waals surface area contributed by atoms with Crippen LogP contribution in [0.25, 0.3) is 22.0 Å². The van der Waals surface area contributed by atoms with Crippen molar-refractivity contribution in [3.63, 3.8) is 0 Å². The molecule has 8 nitrogen and oxygen atoms in total. The first-order valence-corrected chi connectivity index (χ1v) is 7.47. The van der Waals surface area contributed by atoms with Crippen molar-refractivity contribution in [1.82, 2.24) is 4.98 Å². The van der Waals surface area contributed by atoms with Crippen LogP contribution in [0.5, 0.6) is 17.2 Å². The lowest BCUT2D eigenvalue weighted by Gasteiger charge is -2.15. The van der Waals surface area contributed by atoms with Crippen molar-refractivity contribution < 1.29 is 28.5 Å². The van der Waals surface area contributed by atoms with Gasteiger partial charge in [-0.05, 0) is 23.8 Å². The Bertz CT molecular complexity index is 1030.